The van der Waals surface area contributed by atoms with E-state index in [2.05, 4.69) is 4.98 Å². The molecular weight excluding hydrogens is 266 g/mol. The maximum Gasteiger partial charge on any atom is 0.519 e. The van der Waals surface area contributed by atoms with Crippen molar-refractivity contribution >= 4 is 16.9 Å². The zero-order chi connectivity index (χ0) is 14.7. The van der Waals surface area contributed by atoms with Gasteiger partial charge < -0.3 is 9.47 Å². The van der Waals surface area contributed by atoms with Crippen LogP contribution in [-0.2, 0) is 0 Å². The van der Waals surface area contributed by atoms with Crippen LogP contribution in [0.25, 0.3) is 10.8 Å². The van der Waals surface area contributed by atoms with Crippen LogP contribution in [-0.4, -0.2) is 11.1 Å². The average Bonchev–Trinajstić information content (AvgIpc) is 2.49. The molecule has 2 aromatic carbocycles. The Balaban J connectivity index is 1.85. The summed E-state index contributed by atoms with van der Waals surface area (Å²) in [6.45, 7) is 1.91. The molecule has 0 aliphatic heterocycles. The number of fused-ring (bicyclic) bond motifs is 1. The molecule has 0 radical (unpaired) electrons. The van der Waals surface area contributed by atoms with Gasteiger partial charge in [-0.05, 0) is 31.2 Å². The standard InChI is InChI=1S/C17H13NO3/c1-12-14-8-5-9-16(15(14)10-11-18-12)21-17(19)20-13-6-3-2-4-7-13/h2-11H,1H3. The summed E-state index contributed by atoms with van der Waals surface area (Å²) in [5.41, 5.74) is 0.884. The SMILES string of the molecule is Cc1nccc2c(OC(=O)Oc3ccccc3)cccc12. The lowest BCUT2D eigenvalue weighted by Gasteiger charge is -2.08. The molecule has 104 valence electrons. The Morgan fingerprint density at radius 2 is 1.71 bits per heavy atom. The minimum Gasteiger partial charge on any atom is -0.395 e. The molecule has 0 aliphatic rings. The molecule has 4 heteroatoms. The van der Waals surface area contributed by atoms with Gasteiger partial charge in [-0.3, -0.25) is 4.98 Å². The van der Waals surface area contributed by atoms with E-state index in [4.69, 9.17) is 9.47 Å². The van der Waals surface area contributed by atoms with Crippen LogP contribution < -0.4 is 9.47 Å². The van der Waals surface area contributed by atoms with Gasteiger partial charge in [-0.15, -0.1) is 0 Å². The second-order valence-corrected chi connectivity index (χ2v) is 4.51. The Hall–Kier alpha value is -2.88. The van der Waals surface area contributed by atoms with Gasteiger partial charge in [-0.25, -0.2) is 4.79 Å². The van der Waals surface area contributed by atoms with E-state index in [0.717, 1.165) is 16.5 Å². The highest BCUT2D eigenvalue weighted by Crippen LogP contribution is 2.27. The number of carbonyl (C=O) groups is 1. The number of rotatable bonds is 2. The van der Waals surface area contributed by atoms with Gasteiger partial charge in [0.25, 0.3) is 0 Å². The molecule has 0 bridgehead atoms. The first-order valence-corrected chi connectivity index (χ1v) is 6.53. The molecule has 1 heterocycles. The molecule has 0 fully saturated rings. The molecule has 1 aromatic heterocycles. The lowest BCUT2D eigenvalue weighted by Crippen LogP contribution is -2.13. The predicted octanol–water partition coefficient (Wildman–Crippen LogP) is 4.12. The van der Waals surface area contributed by atoms with E-state index in [1.54, 1.807) is 36.5 Å². The highest BCUT2D eigenvalue weighted by Gasteiger charge is 2.11. The molecule has 4 nitrogen and oxygen atoms in total. The van der Waals surface area contributed by atoms with Crippen LogP contribution in [0.3, 0.4) is 0 Å². The Morgan fingerprint density at radius 1 is 0.905 bits per heavy atom. The third-order valence-corrected chi connectivity index (χ3v) is 3.10. The minimum absolute atomic E-state index is 0.445. The first kappa shape index (κ1) is 13.1. The van der Waals surface area contributed by atoms with Gasteiger partial charge in [0.05, 0.1) is 0 Å². The van der Waals surface area contributed by atoms with Crippen molar-refractivity contribution < 1.29 is 14.3 Å². The highest BCUT2D eigenvalue weighted by atomic mass is 16.7. The molecule has 0 unspecified atom stereocenters. The summed E-state index contributed by atoms with van der Waals surface area (Å²) in [7, 11) is 0. The summed E-state index contributed by atoms with van der Waals surface area (Å²) in [6, 6.07) is 16.1. The molecule has 0 atom stereocenters. The maximum absolute atomic E-state index is 11.9. The van der Waals surface area contributed by atoms with Gasteiger partial charge >= 0.3 is 6.16 Å². The number of para-hydroxylation sites is 1. The molecule has 3 rings (SSSR count). The molecule has 0 amide bonds. The number of aromatic nitrogens is 1. The van der Waals surface area contributed by atoms with Gasteiger partial charge in [0.1, 0.15) is 11.5 Å². The summed E-state index contributed by atoms with van der Waals surface area (Å²) in [6.07, 6.45) is 0.927. The summed E-state index contributed by atoms with van der Waals surface area (Å²) in [5.74, 6) is 0.902. The maximum atomic E-state index is 11.9. The van der Waals surface area contributed by atoms with Crippen molar-refractivity contribution in [1.82, 2.24) is 4.98 Å². The second kappa shape index (κ2) is 5.63. The van der Waals surface area contributed by atoms with E-state index in [1.165, 1.54) is 0 Å². The van der Waals surface area contributed by atoms with Crippen molar-refractivity contribution in [2.45, 2.75) is 6.92 Å². The first-order chi connectivity index (χ1) is 10.2. The number of pyridine rings is 1. The van der Waals surface area contributed by atoms with Crippen molar-refractivity contribution in [2.24, 2.45) is 0 Å². The van der Waals surface area contributed by atoms with Crippen LogP contribution in [0.4, 0.5) is 4.79 Å². The van der Waals surface area contributed by atoms with E-state index >= 15 is 0 Å². The van der Waals surface area contributed by atoms with E-state index in [0.29, 0.717) is 11.5 Å². The van der Waals surface area contributed by atoms with Gasteiger partial charge in [-0.1, -0.05) is 30.3 Å². The molecule has 0 spiro atoms. The van der Waals surface area contributed by atoms with Crippen molar-refractivity contribution in [1.29, 1.82) is 0 Å². The Kier molecular flexibility index (Phi) is 3.51. The van der Waals surface area contributed by atoms with Crippen LogP contribution in [0.1, 0.15) is 5.69 Å². The number of benzene rings is 2. The number of hydrogen-bond acceptors (Lipinski definition) is 4. The van der Waals surface area contributed by atoms with Gasteiger partial charge in [0.2, 0.25) is 0 Å². The van der Waals surface area contributed by atoms with E-state index in [1.807, 2.05) is 31.2 Å². The monoisotopic (exact) mass is 279 g/mol. The summed E-state index contributed by atoms with van der Waals surface area (Å²) < 4.78 is 10.4. The predicted molar refractivity (Wildman–Crippen MR) is 79.6 cm³/mol. The van der Waals surface area contributed by atoms with Crippen molar-refractivity contribution in [3.8, 4) is 11.5 Å². The number of carbonyl (C=O) groups excluding carboxylic acids is 1. The molecular formula is C17H13NO3. The fraction of sp³-hybridized carbons (Fsp3) is 0.0588. The number of ether oxygens (including phenoxy) is 2. The fourth-order valence-corrected chi connectivity index (χ4v) is 2.11. The van der Waals surface area contributed by atoms with Gasteiger partial charge in [0.15, 0.2) is 0 Å². The molecule has 0 aliphatic carbocycles. The van der Waals surface area contributed by atoms with Crippen LogP contribution >= 0.6 is 0 Å². The molecule has 0 N–H and O–H groups in total. The van der Waals surface area contributed by atoms with Crippen LogP contribution in [0.5, 0.6) is 11.5 Å². The Morgan fingerprint density at radius 3 is 2.52 bits per heavy atom. The molecule has 0 saturated heterocycles. The molecule has 21 heavy (non-hydrogen) atoms. The smallest absolute Gasteiger partial charge is 0.395 e. The molecule has 0 saturated carbocycles. The number of hydrogen-bond donors (Lipinski definition) is 0. The summed E-state index contributed by atoms with van der Waals surface area (Å²) in [4.78, 5) is 16.1. The minimum atomic E-state index is -0.761. The third-order valence-electron chi connectivity index (χ3n) is 3.10. The summed E-state index contributed by atoms with van der Waals surface area (Å²) in [5, 5.41) is 1.78. The average molecular weight is 279 g/mol. The normalized spacial score (nSPS) is 10.3. The zero-order valence-corrected chi connectivity index (χ0v) is 11.4. The van der Waals surface area contributed by atoms with Crippen LogP contribution in [0.15, 0.2) is 60.8 Å². The Labute approximate surface area is 122 Å². The lowest BCUT2D eigenvalue weighted by atomic mass is 10.1. The van der Waals surface area contributed by atoms with Crippen molar-refractivity contribution in [2.75, 3.05) is 0 Å². The topological polar surface area (TPSA) is 48.4 Å². The lowest BCUT2D eigenvalue weighted by molar-refractivity contribution is 0.152. The molecule has 3 aromatic rings. The van der Waals surface area contributed by atoms with E-state index in [9.17, 15) is 4.79 Å². The largest absolute Gasteiger partial charge is 0.519 e. The van der Waals surface area contributed by atoms with Crippen molar-refractivity contribution in [3.05, 3.63) is 66.5 Å². The van der Waals surface area contributed by atoms with Gasteiger partial charge in [0, 0.05) is 22.7 Å². The van der Waals surface area contributed by atoms with Crippen LogP contribution in [0, 0.1) is 6.92 Å². The number of nitrogens with zero attached hydrogens (tertiary/aromatic N) is 1. The highest BCUT2D eigenvalue weighted by molar-refractivity contribution is 5.91. The second-order valence-electron chi connectivity index (χ2n) is 4.51. The van der Waals surface area contributed by atoms with Crippen LogP contribution in [0.2, 0.25) is 0 Å². The third kappa shape index (κ3) is 2.84. The van der Waals surface area contributed by atoms with E-state index < -0.39 is 6.16 Å². The Bertz CT molecular complexity index is 784. The first-order valence-electron chi connectivity index (χ1n) is 6.53. The van der Waals surface area contributed by atoms with Crippen molar-refractivity contribution in [3.63, 3.8) is 0 Å². The van der Waals surface area contributed by atoms with E-state index in [-0.39, 0.29) is 0 Å². The fourth-order valence-electron chi connectivity index (χ4n) is 2.11. The number of aryl methyl sites for hydroxylation is 1. The quantitative estimate of drug-likeness (QED) is 0.523. The van der Waals surface area contributed by atoms with Gasteiger partial charge in [-0.2, -0.15) is 0 Å². The summed E-state index contributed by atoms with van der Waals surface area (Å²) >= 11 is 0. The zero-order valence-electron chi connectivity index (χ0n) is 11.4.